The molecule has 0 bridgehead atoms. The zero-order valence-corrected chi connectivity index (χ0v) is 16.2. The molecule has 0 radical (unpaired) electrons. The normalized spacial score (nSPS) is 10.2. The molecule has 0 saturated heterocycles. The summed E-state index contributed by atoms with van der Waals surface area (Å²) in [4.78, 5) is 16.8. The summed E-state index contributed by atoms with van der Waals surface area (Å²) in [5, 5.41) is 6.07. The Morgan fingerprint density at radius 2 is 1.57 bits per heavy atom. The molecule has 2 N–H and O–H groups in total. The van der Waals surface area contributed by atoms with Gasteiger partial charge in [0.2, 0.25) is 0 Å². The summed E-state index contributed by atoms with van der Waals surface area (Å²) in [6, 6.07) is 16.9. The number of carbonyl (C=O) groups excluding carboxylic acids is 1. The number of anilines is 3. The highest BCUT2D eigenvalue weighted by molar-refractivity contribution is 6.04. The monoisotopic (exact) mass is 377 g/mol. The number of methoxy groups -OCH3 is 2. The van der Waals surface area contributed by atoms with Gasteiger partial charge in [-0.05, 0) is 48.4 Å². The quantitative estimate of drug-likeness (QED) is 0.627. The van der Waals surface area contributed by atoms with Crippen molar-refractivity contribution in [3.63, 3.8) is 0 Å². The molecule has 1 heterocycles. The van der Waals surface area contributed by atoms with Crippen molar-refractivity contribution in [3.05, 3.63) is 71.9 Å². The number of aryl methyl sites for hydroxylation is 1. The van der Waals surface area contributed by atoms with E-state index in [9.17, 15) is 4.79 Å². The average Bonchev–Trinajstić information content (AvgIpc) is 2.75. The Bertz CT molecular complexity index is 916. The summed E-state index contributed by atoms with van der Waals surface area (Å²) in [6.45, 7) is 2.13. The van der Waals surface area contributed by atoms with Gasteiger partial charge in [0.25, 0.3) is 5.91 Å². The van der Waals surface area contributed by atoms with E-state index in [1.54, 1.807) is 44.7 Å². The smallest absolute Gasteiger partial charge is 0.257 e. The molecule has 28 heavy (non-hydrogen) atoms. The van der Waals surface area contributed by atoms with Gasteiger partial charge in [-0.25, -0.2) is 4.98 Å². The number of rotatable bonds is 7. The topological polar surface area (TPSA) is 72.5 Å². The lowest BCUT2D eigenvalue weighted by atomic mass is 10.1. The van der Waals surface area contributed by atoms with Crippen LogP contribution in [0.2, 0.25) is 0 Å². The highest BCUT2D eigenvalue weighted by Gasteiger charge is 2.11. The van der Waals surface area contributed by atoms with Crippen LogP contribution in [0, 0.1) is 0 Å². The van der Waals surface area contributed by atoms with Crippen LogP contribution in [0.5, 0.6) is 11.5 Å². The van der Waals surface area contributed by atoms with Crippen LogP contribution in [0.25, 0.3) is 0 Å². The third-order valence-electron chi connectivity index (χ3n) is 4.27. The van der Waals surface area contributed by atoms with Crippen LogP contribution < -0.4 is 20.1 Å². The van der Waals surface area contributed by atoms with Gasteiger partial charge in [-0.15, -0.1) is 0 Å². The van der Waals surface area contributed by atoms with Gasteiger partial charge in [0.15, 0.2) is 0 Å². The molecular weight excluding hydrogens is 354 g/mol. The molecule has 0 unspecified atom stereocenters. The molecule has 6 heteroatoms. The Morgan fingerprint density at radius 1 is 0.929 bits per heavy atom. The number of nitrogens with one attached hydrogen (secondary N) is 2. The Kier molecular flexibility index (Phi) is 6.11. The maximum Gasteiger partial charge on any atom is 0.257 e. The summed E-state index contributed by atoms with van der Waals surface area (Å²) in [5.41, 5.74) is 3.54. The van der Waals surface area contributed by atoms with Crippen LogP contribution in [-0.2, 0) is 6.42 Å². The predicted molar refractivity (Wildman–Crippen MR) is 111 cm³/mol. The fourth-order valence-electron chi connectivity index (χ4n) is 2.66. The molecule has 0 aliphatic heterocycles. The highest BCUT2D eigenvalue weighted by atomic mass is 16.5. The molecule has 144 valence electrons. The molecule has 0 aliphatic carbocycles. The number of aromatic nitrogens is 1. The Balaban J connectivity index is 1.67. The van der Waals surface area contributed by atoms with Gasteiger partial charge >= 0.3 is 0 Å². The van der Waals surface area contributed by atoms with Crippen molar-refractivity contribution < 1.29 is 14.3 Å². The van der Waals surface area contributed by atoms with E-state index in [0.29, 0.717) is 22.9 Å². The lowest BCUT2D eigenvalue weighted by Crippen LogP contribution is -2.13. The molecule has 0 atom stereocenters. The number of benzene rings is 2. The molecule has 0 fully saturated rings. The van der Waals surface area contributed by atoms with Gasteiger partial charge < -0.3 is 20.1 Å². The summed E-state index contributed by atoms with van der Waals surface area (Å²) < 4.78 is 10.4. The zero-order valence-electron chi connectivity index (χ0n) is 16.2. The second kappa shape index (κ2) is 8.90. The summed E-state index contributed by atoms with van der Waals surface area (Å²) in [5.74, 6) is 1.26. The van der Waals surface area contributed by atoms with Crippen LogP contribution in [-0.4, -0.2) is 25.1 Å². The van der Waals surface area contributed by atoms with E-state index in [-0.39, 0.29) is 5.91 Å². The summed E-state index contributed by atoms with van der Waals surface area (Å²) >= 11 is 0. The average molecular weight is 377 g/mol. The van der Waals surface area contributed by atoms with Crippen LogP contribution in [0.1, 0.15) is 22.8 Å². The lowest BCUT2D eigenvalue weighted by Gasteiger charge is -2.10. The van der Waals surface area contributed by atoms with Crippen LogP contribution in [0.15, 0.2) is 60.8 Å². The first kappa shape index (κ1) is 19.2. The van der Waals surface area contributed by atoms with Gasteiger partial charge in [-0.2, -0.15) is 0 Å². The van der Waals surface area contributed by atoms with E-state index >= 15 is 0 Å². The summed E-state index contributed by atoms with van der Waals surface area (Å²) in [6.07, 6.45) is 2.69. The second-order valence-electron chi connectivity index (χ2n) is 6.16. The number of nitrogens with zero attached hydrogens (tertiary/aromatic N) is 1. The second-order valence-corrected chi connectivity index (χ2v) is 6.16. The first-order valence-electron chi connectivity index (χ1n) is 8.97. The van der Waals surface area contributed by atoms with Gasteiger partial charge in [-0.3, -0.25) is 4.79 Å². The Morgan fingerprint density at radius 3 is 2.11 bits per heavy atom. The molecule has 3 aromatic rings. The van der Waals surface area contributed by atoms with Gasteiger partial charge in [-0.1, -0.05) is 19.1 Å². The van der Waals surface area contributed by atoms with Crippen LogP contribution in [0.3, 0.4) is 0 Å². The largest absolute Gasteiger partial charge is 0.497 e. The highest BCUT2D eigenvalue weighted by Crippen LogP contribution is 2.23. The minimum Gasteiger partial charge on any atom is -0.497 e. The van der Waals surface area contributed by atoms with E-state index in [1.165, 1.54) is 5.56 Å². The van der Waals surface area contributed by atoms with Gasteiger partial charge in [0, 0.05) is 17.3 Å². The number of pyridine rings is 1. The van der Waals surface area contributed by atoms with E-state index in [4.69, 9.17) is 9.47 Å². The van der Waals surface area contributed by atoms with Crippen molar-refractivity contribution in [1.29, 1.82) is 0 Å². The molecule has 3 rings (SSSR count). The zero-order chi connectivity index (χ0) is 19.9. The maximum atomic E-state index is 12.5. The fraction of sp³-hybridized carbons (Fsp3) is 0.182. The minimum atomic E-state index is -0.291. The minimum absolute atomic E-state index is 0.291. The Labute approximate surface area is 164 Å². The molecule has 6 nitrogen and oxygen atoms in total. The predicted octanol–water partition coefficient (Wildman–Crippen LogP) is 4.66. The van der Waals surface area contributed by atoms with Crippen molar-refractivity contribution in [2.45, 2.75) is 13.3 Å². The molecular formula is C22H23N3O3. The number of ether oxygens (including phenoxy) is 2. The van der Waals surface area contributed by atoms with Crippen molar-refractivity contribution in [2.24, 2.45) is 0 Å². The third-order valence-corrected chi connectivity index (χ3v) is 4.27. The summed E-state index contributed by atoms with van der Waals surface area (Å²) in [7, 11) is 3.08. The number of hydrogen-bond donors (Lipinski definition) is 2. The molecule has 1 amide bonds. The molecule has 1 aromatic heterocycles. The number of amides is 1. The number of hydrogen-bond acceptors (Lipinski definition) is 5. The fourth-order valence-corrected chi connectivity index (χ4v) is 2.66. The van der Waals surface area contributed by atoms with Crippen LogP contribution in [0.4, 0.5) is 17.2 Å². The standard InChI is InChI=1S/C22H23N3O3/c1-4-15-5-7-17(8-6-15)24-18-9-10-21(23-14-18)25-22(26)16-11-19(27-2)13-20(12-16)28-3/h5-14,24H,4H2,1-3H3,(H,23,25,26). The molecule has 2 aromatic carbocycles. The van der Waals surface area contributed by atoms with E-state index < -0.39 is 0 Å². The SMILES string of the molecule is CCc1ccc(Nc2ccc(NC(=O)c3cc(OC)cc(OC)c3)nc2)cc1. The van der Waals surface area contributed by atoms with Gasteiger partial charge in [0.05, 0.1) is 26.1 Å². The lowest BCUT2D eigenvalue weighted by molar-refractivity contribution is 0.102. The Hall–Kier alpha value is -3.54. The van der Waals surface area contributed by atoms with E-state index in [1.807, 2.05) is 18.2 Å². The first-order chi connectivity index (χ1) is 13.6. The number of carbonyl (C=O) groups is 1. The van der Waals surface area contributed by atoms with Crippen molar-refractivity contribution in [3.8, 4) is 11.5 Å². The third kappa shape index (κ3) is 4.79. The van der Waals surface area contributed by atoms with Crippen LogP contribution >= 0.6 is 0 Å². The first-order valence-corrected chi connectivity index (χ1v) is 8.97. The molecule has 0 saturated carbocycles. The van der Waals surface area contributed by atoms with Crippen molar-refractivity contribution in [1.82, 2.24) is 4.98 Å². The van der Waals surface area contributed by atoms with E-state index in [2.05, 4.69) is 34.7 Å². The molecule has 0 spiro atoms. The van der Waals surface area contributed by atoms with E-state index in [0.717, 1.165) is 17.8 Å². The van der Waals surface area contributed by atoms with Crippen molar-refractivity contribution in [2.75, 3.05) is 24.9 Å². The van der Waals surface area contributed by atoms with Gasteiger partial charge in [0.1, 0.15) is 17.3 Å². The molecule has 0 aliphatic rings. The maximum absolute atomic E-state index is 12.5. The van der Waals surface area contributed by atoms with Crippen molar-refractivity contribution >= 4 is 23.1 Å².